The van der Waals surface area contributed by atoms with Crippen molar-refractivity contribution in [2.45, 2.75) is 225 Å². The number of carboxylic acids is 2. The highest BCUT2D eigenvalue weighted by Crippen LogP contribution is 2.39. The summed E-state index contributed by atoms with van der Waals surface area (Å²) in [5.41, 5.74) is 10.4. The van der Waals surface area contributed by atoms with Gasteiger partial charge < -0.3 is 63.0 Å². The van der Waals surface area contributed by atoms with Gasteiger partial charge in [-0.15, -0.1) is 0 Å². The van der Waals surface area contributed by atoms with Gasteiger partial charge in [-0.3, -0.25) is 24.6 Å². The van der Waals surface area contributed by atoms with Gasteiger partial charge in [-0.1, -0.05) is 379 Å². The first-order valence-electron chi connectivity index (χ1n) is 49.8. The second-order valence-corrected chi connectivity index (χ2v) is 39.3. The molecule has 4 saturated heterocycles. The molecule has 3 N–H and O–H groups in total. The van der Waals surface area contributed by atoms with Crippen molar-refractivity contribution in [2.24, 2.45) is 0 Å². The number of benzene rings is 12. The molecule has 0 aliphatic carbocycles. The molecule has 0 saturated carbocycles. The molecule has 4 amide bonds. The zero-order valence-corrected chi connectivity index (χ0v) is 84.2. The van der Waals surface area contributed by atoms with E-state index in [0.29, 0.717) is 39.5 Å². The molecular weight excluding hydrogens is 1830 g/mol. The van der Waals surface area contributed by atoms with Crippen molar-refractivity contribution in [1.29, 1.82) is 5.41 Å². The van der Waals surface area contributed by atoms with Gasteiger partial charge in [0.05, 0.1) is 49.9 Å². The molecule has 4 heterocycles. The van der Waals surface area contributed by atoms with E-state index in [0.717, 1.165) is 95.9 Å². The van der Waals surface area contributed by atoms with E-state index in [9.17, 15) is 48.6 Å². The number of hydrogen-bond donors (Lipinski definition) is 3. The predicted molar refractivity (Wildman–Crippen MR) is 574 cm³/mol. The number of aliphatic carboxylic acids is 2. The molecule has 4 aliphatic rings. The van der Waals surface area contributed by atoms with E-state index in [-0.39, 0.29) is 75.3 Å². The minimum atomic E-state index is -1.03. The highest BCUT2D eigenvalue weighted by molar-refractivity contribution is 5.96. The SMILES string of the molecule is C.C.CC(=N)OC(C)(C)C.CC(C)(C)OC(=O)[C@@H]1[C@H](OCCCc2ccccc2)CN1C(=O)C(c1ccccc1)c1ccccc1.CC(C)(C)OC(=O)[C@H]1[C@@H](OCCCc2ccccc2)CN1C(=O)C(c1ccccc1)c1ccccc1.O=C(O)[C@@H]1[C@H](OCCCc2ccccc2)CN1C(=O)C(c1ccccc1)c1ccccc1.O=C(O)[C@H]1[C@@H](OCCCc2ccccc2)CN1C(=O)C(c1ccccc1)c1ccccc1. The first kappa shape index (κ1) is 114. The van der Waals surface area contributed by atoms with Crippen LogP contribution >= 0.6 is 0 Å². The Morgan fingerprint density at radius 1 is 0.267 bits per heavy atom. The summed E-state index contributed by atoms with van der Waals surface area (Å²) in [5, 5.41) is 26.5. The fourth-order valence-corrected chi connectivity index (χ4v) is 18.1. The normalized spacial score (nSPS) is 17.0. The molecule has 22 heteroatoms. The Bertz CT molecular complexity index is 5460. The van der Waals surface area contributed by atoms with Crippen LogP contribution in [0.2, 0.25) is 0 Å². The third-order valence-electron chi connectivity index (χ3n) is 24.8. The number of ether oxygens (including phenoxy) is 7. The number of carboxylic acid groups (broad SMARTS) is 2. The van der Waals surface area contributed by atoms with Crippen LogP contribution in [-0.2, 0) is 97.2 Å². The van der Waals surface area contributed by atoms with Crippen molar-refractivity contribution < 1.29 is 81.7 Å². The number of nitrogens with one attached hydrogen (secondary N) is 1. The lowest BCUT2D eigenvalue weighted by Gasteiger charge is -2.47. The zero-order chi connectivity index (χ0) is 103. The van der Waals surface area contributed by atoms with E-state index in [1.54, 1.807) is 16.7 Å². The molecule has 0 radical (unpaired) electrons. The van der Waals surface area contributed by atoms with Crippen molar-refractivity contribution in [1.82, 2.24) is 19.6 Å². The van der Waals surface area contributed by atoms with E-state index in [4.69, 9.17) is 38.6 Å². The Morgan fingerprint density at radius 3 is 0.575 bits per heavy atom. The monoisotopic (exact) mass is 1980 g/mol. The van der Waals surface area contributed by atoms with Crippen LogP contribution in [0.15, 0.2) is 364 Å². The number of nitrogens with zero attached hydrogens (tertiary/aromatic N) is 4. The Balaban J connectivity index is 0.000000194. The van der Waals surface area contributed by atoms with E-state index >= 15 is 0 Å². The second kappa shape index (κ2) is 56.3. The molecule has 8 atom stereocenters. The maximum absolute atomic E-state index is 13.9. The van der Waals surface area contributed by atoms with Crippen LogP contribution in [0.4, 0.5) is 0 Å². The fourth-order valence-electron chi connectivity index (χ4n) is 18.1. The Labute approximate surface area is 862 Å². The third-order valence-corrected chi connectivity index (χ3v) is 24.8. The average molecular weight is 1980 g/mol. The first-order chi connectivity index (χ1) is 69.4. The summed E-state index contributed by atoms with van der Waals surface area (Å²) in [7, 11) is 0. The molecule has 16 rings (SSSR count). The topological polar surface area (TPSA) is 278 Å². The molecule has 768 valence electrons. The van der Waals surface area contributed by atoms with Crippen LogP contribution < -0.4 is 0 Å². The summed E-state index contributed by atoms with van der Waals surface area (Å²) in [6.45, 7) is 21.7. The number of carbonyl (C=O) groups is 8. The zero-order valence-electron chi connectivity index (χ0n) is 84.2. The number of hydrogen-bond acceptors (Lipinski definition) is 16. The molecule has 0 aromatic heterocycles. The molecule has 22 nitrogen and oxygen atoms in total. The van der Waals surface area contributed by atoms with Gasteiger partial charge in [-0.05, 0) is 180 Å². The summed E-state index contributed by atoms with van der Waals surface area (Å²) in [5.74, 6) is -5.38. The van der Waals surface area contributed by atoms with Crippen LogP contribution in [0, 0.1) is 5.41 Å². The van der Waals surface area contributed by atoms with E-state index in [1.165, 1.54) is 32.1 Å². The maximum Gasteiger partial charge on any atom is 0.332 e. The maximum atomic E-state index is 13.9. The summed E-state index contributed by atoms with van der Waals surface area (Å²) >= 11 is 0. The van der Waals surface area contributed by atoms with Gasteiger partial charge in [-0.25, -0.2) is 19.2 Å². The van der Waals surface area contributed by atoms with Gasteiger partial charge in [0.25, 0.3) is 0 Å². The molecule has 4 fully saturated rings. The molecule has 0 bridgehead atoms. The van der Waals surface area contributed by atoms with Crippen molar-refractivity contribution in [3.63, 3.8) is 0 Å². The fraction of sp³-hybridized carbons (Fsp3) is 0.347. The molecule has 12 aromatic rings. The number of rotatable bonds is 36. The Morgan fingerprint density at radius 2 is 0.425 bits per heavy atom. The van der Waals surface area contributed by atoms with Crippen LogP contribution in [0.3, 0.4) is 0 Å². The Hall–Kier alpha value is -14.3. The van der Waals surface area contributed by atoms with Gasteiger partial charge in [0.15, 0.2) is 30.1 Å². The largest absolute Gasteiger partial charge is 0.480 e. The van der Waals surface area contributed by atoms with Gasteiger partial charge in [0, 0.05) is 33.4 Å². The molecule has 0 spiro atoms. The number of amides is 4. The van der Waals surface area contributed by atoms with E-state index < -0.39 is 95.1 Å². The molecule has 12 aromatic carbocycles. The summed E-state index contributed by atoms with van der Waals surface area (Å²) in [6, 6.07) is 114. The van der Waals surface area contributed by atoms with Crippen LogP contribution in [0.5, 0.6) is 0 Å². The minimum absolute atomic E-state index is 0. The van der Waals surface area contributed by atoms with Crippen molar-refractivity contribution in [3.8, 4) is 0 Å². The van der Waals surface area contributed by atoms with Gasteiger partial charge in [0.2, 0.25) is 23.6 Å². The summed E-state index contributed by atoms with van der Waals surface area (Å²) in [6.07, 6.45) is 5.09. The molecule has 146 heavy (non-hydrogen) atoms. The van der Waals surface area contributed by atoms with Crippen LogP contribution in [0.25, 0.3) is 0 Å². The van der Waals surface area contributed by atoms with E-state index in [1.807, 2.05) is 378 Å². The average Bonchev–Trinajstić information content (AvgIpc) is 0.778. The highest BCUT2D eigenvalue weighted by Gasteiger charge is 2.55. The lowest BCUT2D eigenvalue weighted by atomic mass is 9.87. The summed E-state index contributed by atoms with van der Waals surface area (Å²) in [4.78, 5) is 111. The van der Waals surface area contributed by atoms with Gasteiger partial charge in [-0.2, -0.15) is 0 Å². The standard InChI is InChI=1S/2C31H35NO4.2C27H27NO4.C6H13NO.2CH4/c2*1-31(2,3)36-30(34)28-26(35-21-13-16-23-14-7-4-8-15-23)22-32(28)29(33)27(24-17-9-5-10-18-24)25-19-11-6-12-20-25;2*29-26(24(21-14-6-2-7-15-21)22-16-8-3-9-17-22)28-19-23(25(28)27(30)31)32-18-10-13-20-11-4-1-5-12-20;1-5(7)8-6(2,3)4;;/h2*4-12,14-15,17-20,26-28H,13,16,21-22H2,1-3H3;2*1-9,11-12,14-17,23-25H,10,13,18-19H2,(H,30,31);7H,1-4H3;2*1H4/t2*26-,28+;2*23-,25+;;;/m1010.../s1. The smallest absolute Gasteiger partial charge is 0.332 e. The van der Waals surface area contributed by atoms with E-state index in [2.05, 4.69) is 48.5 Å². The third kappa shape index (κ3) is 33.6. The van der Waals surface area contributed by atoms with Gasteiger partial charge >= 0.3 is 23.9 Å². The lowest BCUT2D eigenvalue weighted by molar-refractivity contribution is -0.188. The molecule has 4 aliphatic heterocycles. The van der Waals surface area contributed by atoms with Crippen molar-refractivity contribution in [2.75, 3.05) is 52.6 Å². The number of aryl methyl sites for hydroxylation is 4. The van der Waals surface area contributed by atoms with Crippen LogP contribution in [0.1, 0.15) is 200 Å². The first-order valence-corrected chi connectivity index (χ1v) is 49.8. The predicted octanol–water partition coefficient (Wildman–Crippen LogP) is 22.1. The minimum Gasteiger partial charge on any atom is -0.480 e. The van der Waals surface area contributed by atoms with Gasteiger partial charge in [0.1, 0.15) is 41.2 Å². The highest BCUT2D eigenvalue weighted by atomic mass is 16.6. The second-order valence-electron chi connectivity index (χ2n) is 39.3. The summed E-state index contributed by atoms with van der Waals surface area (Å²) < 4.78 is 40.4. The molecular formula is C124H145N5O17. The molecule has 0 unspecified atom stereocenters. The van der Waals surface area contributed by atoms with Crippen LogP contribution in [-0.4, -0.2) is 201 Å². The Kier molecular flexibility index (Phi) is 43.8. The van der Waals surface area contributed by atoms with Crippen molar-refractivity contribution in [3.05, 3.63) is 431 Å². The quantitative estimate of drug-likeness (QED) is 0.0142. The lowest BCUT2D eigenvalue weighted by Crippen LogP contribution is -2.68. The number of esters is 2. The number of likely N-dealkylation sites (tertiary alicyclic amines) is 4. The number of carbonyl (C=O) groups excluding carboxylic acids is 6. The van der Waals surface area contributed by atoms with Crippen molar-refractivity contribution >= 4 is 53.4 Å².